The van der Waals surface area contributed by atoms with Gasteiger partial charge in [-0.05, 0) is 60.5 Å². The molecule has 0 radical (unpaired) electrons. The zero-order valence-corrected chi connectivity index (χ0v) is 15.7. The third-order valence-electron chi connectivity index (χ3n) is 3.83. The lowest BCUT2D eigenvalue weighted by Gasteiger charge is -2.21. The van der Waals surface area contributed by atoms with Crippen molar-refractivity contribution in [2.45, 2.75) is 33.2 Å². The summed E-state index contributed by atoms with van der Waals surface area (Å²) in [6, 6.07) is 16.6. The van der Waals surface area contributed by atoms with Gasteiger partial charge in [0.1, 0.15) is 5.75 Å². The highest BCUT2D eigenvalue weighted by Gasteiger charge is 2.07. The van der Waals surface area contributed by atoms with E-state index in [0.29, 0.717) is 17.6 Å². The molecule has 3 nitrogen and oxygen atoms in total. The molecule has 0 atom stereocenters. The van der Waals surface area contributed by atoms with E-state index in [1.165, 1.54) is 11.1 Å². The zero-order chi connectivity index (χ0) is 17.5. The van der Waals surface area contributed by atoms with Crippen LogP contribution in [0, 0.1) is 0 Å². The Morgan fingerprint density at radius 1 is 1.08 bits per heavy atom. The van der Waals surface area contributed by atoms with Crippen molar-refractivity contribution in [3.05, 3.63) is 59.7 Å². The van der Waals surface area contributed by atoms with Crippen molar-refractivity contribution in [2.75, 3.05) is 19.0 Å². The fourth-order valence-corrected chi connectivity index (χ4v) is 2.56. The van der Waals surface area contributed by atoms with E-state index in [2.05, 4.69) is 55.6 Å². The van der Waals surface area contributed by atoms with Gasteiger partial charge < -0.3 is 15.0 Å². The monoisotopic (exact) mass is 342 g/mol. The molecule has 128 valence electrons. The van der Waals surface area contributed by atoms with Crippen LogP contribution in [0.15, 0.2) is 48.5 Å². The molecule has 0 aliphatic heterocycles. The minimum Gasteiger partial charge on any atom is -0.494 e. The largest absolute Gasteiger partial charge is 0.494 e. The summed E-state index contributed by atoms with van der Waals surface area (Å²) in [5.74, 6) is 1.43. The summed E-state index contributed by atoms with van der Waals surface area (Å²) in [4.78, 5) is 2.03. The number of anilines is 1. The van der Waals surface area contributed by atoms with Crippen LogP contribution in [0.2, 0.25) is 0 Å². The van der Waals surface area contributed by atoms with E-state index in [0.717, 1.165) is 18.0 Å². The van der Waals surface area contributed by atoms with Gasteiger partial charge in [0.25, 0.3) is 0 Å². The first-order valence-corrected chi connectivity index (χ1v) is 8.74. The van der Waals surface area contributed by atoms with Crippen molar-refractivity contribution in [2.24, 2.45) is 0 Å². The number of rotatable bonds is 6. The molecule has 1 N–H and O–H groups in total. The number of nitrogens with zero attached hydrogens (tertiary/aromatic N) is 1. The Morgan fingerprint density at radius 3 is 2.25 bits per heavy atom. The second-order valence-corrected chi connectivity index (χ2v) is 6.53. The molecular formula is C20H26N2OS. The summed E-state index contributed by atoms with van der Waals surface area (Å²) in [6.07, 6.45) is 0. The van der Waals surface area contributed by atoms with Crippen LogP contribution in [0.5, 0.6) is 5.75 Å². The molecule has 2 aromatic carbocycles. The van der Waals surface area contributed by atoms with Crippen LogP contribution in [0.4, 0.5) is 5.69 Å². The van der Waals surface area contributed by atoms with E-state index < -0.39 is 0 Å². The van der Waals surface area contributed by atoms with E-state index in [1.807, 2.05) is 31.0 Å². The summed E-state index contributed by atoms with van der Waals surface area (Å²) in [6.45, 7) is 7.81. The third kappa shape index (κ3) is 5.24. The number of thiocarbonyl (C=S) groups is 1. The van der Waals surface area contributed by atoms with E-state index in [9.17, 15) is 0 Å². The summed E-state index contributed by atoms with van der Waals surface area (Å²) in [5.41, 5.74) is 3.54. The Kier molecular flexibility index (Phi) is 6.62. The molecule has 4 heteroatoms. The molecule has 0 spiro atoms. The normalized spacial score (nSPS) is 10.5. The van der Waals surface area contributed by atoms with Gasteiger partial charge >= 0.3 is 0 Å². The van der Waals surface area contributed by atoms with Crippen LogP contribution < -0.4 is 10.1 Å². The first kappa shape index (κ1) is 18.3. The number of hydrogen-bond donors (Lipinski definition) is 1. The van der Waals surface area contributed by atoms with E-state index >= 15 is 0 Å². The molecule has 0 saturated heterocycles. The minimum atomic E-state index is 0.535. The summed E-state index contributed by atoms with van der Waals surface area (Å²) < 4.78 is 5.47. The molecule has 0 aromatic heterocycles. The highest BCUT2D eigenvalue weighted by Crippen LogP contribution is 2.18. The van der Waals surface area contributed by atoms with Crippen LogP contribution in [0.1, 0.15) is 37.8 Å². The molecule has 0 unspecified atom stereocenters. The molecule has 0 saturated carbocycles. The van der Waals surface area contributed by atoms with Gasteiger partial charge in [0.2, 0.25) is 0 Å². The number of nitrogens with one attached hydrogen (secondary N) is 1. The molecule has 2 rings (SSSR count). The zero-order valence-electron chi connectivity index (χ0n) is 14.9. The maximum Gasteiger partial charge on any atom is 0.173 e. The van der Waals surface area contributed by atoms with Gasteiger partial charge in [0, 0.05) is 19.3 Å². The summed E-state index contributed by atoms with van der Waals surface area (Å²) in [7, 11) is 1.99. The molecule has 0 aliphatic carbocycles. The second kappa shape index (κ2) is 8.69. The SMILES string of the molecule is CCOc1ccc(CN(C)C(=S)Nc2ccc(C(C)C)cc2)cc1. The van der Waals surface area contributed by atoms with Crippen molar-refractivity contribution in [1.29, 1.82) is 0 Å². The highest BCUT2D eigenvalue weighted by molar-refractivity contribution is 7.80. The standard InChI is InChI=1S/C20H26N2OS/c1-5-23-19-12-6-16(7-13-19)14-22(4)20(24)21-18-10-8-17(9-11-18)15(2)3/h6-13,15H,5,14H2,1-4H3,(H,21,24). The third-order valence-corrected chi connectivity index (χ3v) is 4.24. The van der Waals surface area contributed by atoms with Crippen molar-refractivity contribution in [3.8, 4) is 5.75 Å². The van der Waals surface area contributed by atoms with Gasteiger partial charge in [0.15, 0.2) is 5.11 Å². The Labute approximate surface area is 150 Å². The van der Waals surface area contributed by atoms with Crippen LogP contribution in [-0.4, -0.2) is 23.7 Å². The van der Waals surface area contributed by atoms with Crippen molar-refractivity contribution in [3.63, 3.8) is 0 Å². The first-order valence-electron chi connectivity index (χ1n) is 8.33. The number of benzene rings is 2. The van der Waals surface area contributed by atoms with Gasteiger partial charge in [-0.1, -0.05) is 38.1 Å². The Balaban J connectivity index is 1.91. The average Bonchev–Trinajstić information content (AvgIpc) is 2.57. The Hall–Kier alpha value is -2.07. The van der Waals surface area contributed by atoms with Gasteiger partial charge in [-0.2, -0.15) is 0 Å². The predicted molar refractivity (Wildman–Crippen MR) is 106 cm³/mol. The average molecular weight is 343 g/mol. The summed E-state index contributed by atoms with van der Waals surface area (Å²) >= 11 is 5.50. The molecule has 0 heterocycles. The molecule has 0 bridgehead atoms. The van der Waals surface area contributed by atoms with Crippen LogP contribution in [0.25, 0.3) is 0 Å². The van der Waals surface area contributed by atoms with E-state index in [-0.39, 0.29) is 0 Å². The second-order valence-electron chi connectivity index (χ2n) is 6.14. The van der Waals surface area contributed by atoms with Gasteiger partial charge in [-0.25, -0.2) is 0 Å². The number of hydrogen-bond acceptors (Lipinski definition) is 2. The predicted octanol–water partition coefficient (Wildman–Crippen LogP) is 5.04. The van der Waals surface area contributed by atoms with Crippen molar-refractivity contribution >= 4 is 23.0 Å². The lowest BCUT2D eigenvalue weighted by Crippen LogP contribution is -2.30. The van der Waals surface area contributed by atoms with E-state index in [4.69, 9.17) is 17.0 Å². The molecule has 2 aromatic rings. The lowest BCUT2D eigenvalue weighted by atomic mass is 10.0. The maximum absolute atomic E-state index is 5.50. The van der Waals surface area contributed by atoms with Gasteiger partial charge in [-0.3, -0.25) is 0 Å². The number of ether oxygens (including phenoxy) is 1. The summed E-state index contributed by atoms with van der Waals surface area (Å²) in [5, 5.41) is 4.00. The van der Waals surface area contributed by atoms with Crippen LogP contribution in [-0.2, 0) is 6.54 Å². The maximum atomic E-state index is 5.50. The van der Waals surface area contributed by atoms with Gasteiger partial charge in [0.05, 0.1) is 6.61 Å². The van der Waals surface area contributed by atoms with Crippen LogP contribution in [0.3, 0.4) is 0 Å². The van der Waals surface area contributed by atoms with E-state index in [1.54, 1.807) is 0 Å². The Bertz CT molecular complexity index is 650. The topological polar surface area (TPSA) is 24.5 Å². The van der Waals surface area contributed by atoms with Crippen molar-refractivity contribution in [1.82, 2.24) is 4.90 Å². The Morgan fingerprint density at radius 2 is 1.71 bits per heavy atom. The molecule has 0 fully saturated rings. The minimum absolute atomic E-state index is 0.535. The van der Waals surface area contributed by atoms with Gasteiger partial charge in [-0.15, -0.1) is 0 Å². The fourth-order valence-electron chi connectivity index (χ4n) is 2.37. The lowest BCUT2D eigenvalue weighted by molar-refractivity contribution is 0.340. The van der Waals surface area contributed by atoms with Crippen LogP contribution >= 0.6 is 12.2 Å². The van der Waals surface area contributed by atoms with Crippen molar-refractivity contribution < 1.29 is 4.74 Å². The molecule has 0 aliphatic rings. The smallest absolute Gasteiger partial charge is 0.173 e. The highest BCUT2D eigenvalue weighted by atomic mass is 32.1. The fraction of sp³-hybridized carbons (Fsp3) is 0.350. The molecular weight excluding hydrogens is 316 g/mol. The molecule has 0 amide bonds. The first-order chi connectivity index (χ1) is 11.5. The molecule has 24 heavy (non-hydrogen) atoms. The quantitative estimate of drug-likeness (QED) is 0.744.